The first-order valence-electron chi connectivity index (χ1n) is 12.5. The summed E-state index contributed by atoms with van der Waals surface area (Å²) in [6.45, 7) is 4.38. The number of hydrogen-bond donors (Lipinski definition) is 0. The van der Waals surface area contributed by atoms with Crippen LogP contribution in [0.25, 0.3) is 0 Å². The Bertz CT molecular complexity index is 1190. The molecule has 1 fully saturated rings. The molecular weight excluding hydrogens is 516 g/mol. The molecule has 0 radical (unpaired) electrons. The van der Waals surface area contributed by atoms with Crippen molar-refractivity contribution in [2.45, 2.75) is 96.9 Å². The Morgan fingerprint density at radius 1 is 0.921 bits per heavy atom. The van der Waals surface area contributed by atoms with Crippen LogP contribution in [0, 0.1) is 16.0 Å². The zero-order valence-electron chi connectivity index (χ0n) is 21.9. The molecule has 0 aromatic carbocycles. The van der Waals surface area contributed by atoms with E-state index in [0.29, 0.717) is 12.8 Å². The molecule has 206 valence electrons. The molecule has 12 heteroatoms. The lowest BCUT2D eigenvalue weighted by atomic mass is 9.93. The maximum absolute atomic E-state index is 12.3. The number of carbonyl (C=O) groups is 4. The molecule has 0 unspecified atom stereocenters. The minimum absolute atomic E-state index is 0.160. The Labute approximate surface area is 225 Å². The van der Waals surface area contributed by atoms with Crippen LogP contribution in [-0.2, 0) is 55.7 Å². The van der Waals surface area contributed by atoms with Gasteiger partial charge in [-0.3, -0.25) is 19.2 Å². The van der Waals surface area contributed by atoms with Crippen molar-refractivity contribution >= 4 is 36.1 Å². The molecule has 2 aliphatic rings. The zero-order valence-corrected chi connectivity index (χ0v) is 22.7. The highest BCUT2D eigenvalue weighted by Crippen LogP contribution is 2.37. The Kier molecular flexibility index (Phi) is 9.99. The van der Waals surface area contributed by atoms with Gasteiger partial charge in [-0.1, -0.05) is 25.1 Å². The van der Waals surface area contributed by atoms with E-state index in [-0.39, 0.29) is 16.8 Å². The molecule has 0 bridgehead atoms. The molecule has 1 saturated heterocycles. The topological polar surface area (TPSA) is 143 Å². The quantitative estimate of drug-likeness (QED) is 0.294. The fourth-order valence-electron chi connectivity index (χ4n) is 4.95. The smallest absolute Gasteiger partial charge is 0.303 e. The summed E-state index contributed by atoms with van der Waals surface area (Å²) in [6.07, 6.45) is -1.01. The molecule has 3 rings (SSSR count). The van der Waals surface area contributed by atoms with Crippen molar-refractivity contribution in [3.05, 3.63) is 27.5 Å². The van der Waals surface area contributed by atoms with Crippen LogP contribution in [0.1, 0.15) is 76.4 Å². The van der Waals surface area contributed by atoms with Gasteiger partial charge in [0.2, 0.25) is 0 Å². The summed E-state index contributed by atoms with van der Waals surface area (Å²) < 4.78 is 30.0. The van der Waals surface area contributed by atoms with Gasteiger partial charge in [0.05, 0.1) is 5.56 Å². The Hall–Kier alpha value is -3.30. The Balaban J connectivity index is 2.26. The molecular formula is C26H32N2O9S. The van der Waals surface area contributed by atoms with E-state index < -0.39 is 54.5 Å². The molecule has 0 saturated carbocycles. The van der Waals surface area contributed by atoms with Crippen molar-refractivity contribution in [1.29, 1.82) is 5.26 Å². The average molecular weight is 549 g/mol. The van der Waals surface area contributed by atoms with Crippen LogP contribution in [0.15, 0.2) is 6.07 Å². The van der Waals surface area contributed by atoms with Gasteiger partial charge in [-0.2, -0.15) is 5.26 Å². The molecule has 0 N–H and O–H groups in total. The molecule has 0 amide bonds. The average Bonchev–Trinajstić information content (AvgIpc) is 2.81. The second-order valence-corrected chi connectivity index (χ2v) is 9.71. The van der Waals surface area contributed by atoms with Crippen molar-refractivity contribution < 1.29 is 42.9 Å². The predicted molar refractivity (Wildman–Crippen MR) is 133 cm³/mol. The van der Waals surface area contributed by atoms with Crippen molar-refractivity contribution in [2.75, 3.05) is 6.61 Å². The lowest BCUT2D eigenvalue weighted by Gasteiger charge is -2.45. The molecule has 1 aliphatic heterocycles. The molecule has 38 heavy (non-hydrogen) atoms. The molecule has 0 spiro atoms. The number of ether oxygens (including phenoxy) is 5. The van der Waals surface area contributed by atoms with Gasteiger partial charge in [0, 0.05) is 33.4 Å². The monoisotopic (exact) mass is 548 g/mol. The Morgan fingerprint density at radius 3 is 2.08 bits per heavy atom. The van der Waals surface area contributed by atoms with Crippen molar-refractivity contribution in [2.24, 2.45) is 0 Å². The first kappa shape index (κ1) is 29.3. The van der Waals surface area contributed by atoms with Crippen molar-refractivity contribution in [3.8, 4) is 6.07 Å². The summed E-state index contributed by atoms with van der Waals surface area (Å²) in [4.78, 5) is 48.1. The van der Waals surface area contributed by atoms with Gasteiger partial charge in [0.15, 0.2) is 24.5 Å². The van der Waals surface area contributed by atoms with Gasteiger partial charge in [0.1, 0.15) is 23.4 Å². The van der Waals surface area contributed by atoms with Crippen molar-refractivity contribution in [1.82, 2.24) is 4.57 Å². The summed E-state index contributed by atoms with van der Waals surface area (Å²) in [7, 11) is 0. The van der Waals surface area contributed by atoms with Crippen molar-refractivity contribution in [3.63, 3.8) is 0 Å². The van der Waals surface area contributed by atoms with E-state index in [4.69, 9.17) is 35.9 Å². The number of nitrogens with zero attached hydrogens (tertiary/aromatic N) is 2. The van der Waals surface area contributed by atoms with E-state index >= 15 is 0 Å². The predicted octanol–water partition coefficient (Wildman–Crippen LogP) is 3.00. The summed E-state index contributed by atoms with van der Waals surface area (Å²) in [5, 5.41) is 9.85. The second-order valence-electron chi connectivity index (χ2n) is 9.32. The molecule has 5 atom stereocenters. The summed E-state index contributed by atoms with van der Waals surface area (Å²) in [5.74, 6) is -2.74. The lowest BCUT2D eigenvalue weighted by Crippen LogP contribution is -2.60. The van der Waals surface area contributed by atoms with E-state index in [1.54, 1.807) is 10.6 Å². The van der Waals surface area contributed by atoms with Gasteiger partial charge in [-0.25, -0.2) is 0 Å². The molecule has 1 aromatic heterocycles. The van der Waals surface area contributed by atoms with E-state index in [9.17, 15) is 24.4 Å². The number of fused-ring (bicyclic) bond motifs is 1. The van der Waals surface area contributed by atoms with E-state index in [0.717, 1.165) is 43.9 Å². The minimum Gasteiger partial charge on any atom is -0.463 e. The number of hydrogen-bond acceptors (Lipinski definition) is 11. The Morgan fingerprint density at radius 2 is 1.50 bits per heavy atom. The number of pyridine rings is 1. The lowest BCUT2D eigenvalue weighted by molar-refractivity contribution is -0.269. The largest absolute Gasteiger partial charge is 0.463 e. The minimum atomic E-state index is -1.32. The van der Waals surface area contributed by atoms with Gasteiger partial charge >= 0.3 is 23.9 Å². The zero-order chi connectivity index (χ0) is 28.0. The van der Waals surface area contributed by atoms with E-state index in [1.165, 1.54) is 20.8 Å². The first-order valence-corrected chi connectivity index (χ1v) is 12.9. The normalized spacial score (nSPS) is 25.0. The van der Waals surface area contributed by atoms with Crippen LogP contribution in [-0.4, -0.2) is 59.5 Å². The van der Waals surface area contributed by atoms with Gasteiger partial charge in [-0.05, 0) is 37.3 Å². The summed E-state index contributed by atoms with van der Waals surface area (Å²) >= 11 is 5.71. The van der Waals surface area contributed by atoms with Crippen LogP contribution < -0.4 is 0 Å². The number of nitriles is 1. The highest BCUT2D eigenvalue weighted by atomic mass is 32.1. The number of carbonyl (C=O) groups excluding carboxylic acids is 4. The maximum Gasteiger partial charge on any atom is 0.303 e. The highest BCUT2D eigenvalue weighted by Gasteiger charge is 2.53. The summed E-state index contributed by atoms with van der Waals surface area (Å²) in [6, 6.07) is 3.92. The van der Waals surface area contributed by atoms with E-state index in [1.807, 2.05) is 0 Å². The highest BCUT2D eigenvalue weighted by molar-refractivity contribution is 7.71. The van der Waals surface area contributed by atoms with E-state index in [2.05, 4.69) is 6.07 Å². The fraction of sp³-hybridized carbons (Fsp3) is 0.615. The standard InChI is InChI=1S/C26H32N2O9S/c1-14(29)33-13-21-22(34-15(2)30)23(35-16(3)31)24(36-17(4)32)25(37-21)28-20-10-8-6-5-7-9-18(20)11-19(12-27)26(28)38/h11,21-25H,5-10,13H2,1-4H3/t21-,22+,23+,24+,25-/m1/s1. The van der Waals surface area contributed by atoms with Crippen LogP contribution in [0.4, 0.5) is 0 Å². The van der Waals surface area contributed by atoms with Crippen LogP contribution in [0.3, 0.4) is 0 Å². The fourth-order valence-corrected chi connectivity index (χ4v) is 5.27. The van der Waals surface area contributed by atoms with Crippen LogP contribution in [0.2, 0.25) is 0 Å². The third-order valence-corrected chi connectivity index (χ3v) is 6.80. The second kappa shape index (κ2) is 13.0. The van der Waals surface area contributed by atoms with Gasteiger partial charge < -0.3 is 28.3 Å². The number of rotatable bonds is 6. The third-order valence-electron chi connectivity index (χ3n) is 6.38. The van der Waals surface area contributed by atoms with Gasteiger partial charge in [0.25, 0.3) is 0 Å². The first-order chi connectivity index (χ1) is 18.0. The van der Waals surface area contributed by atoms with Gasteiger partial charge in [-0.15, -0.1) is 0 Å². The molecule has 1 aromatic rings. The van der Waals surface area contributed by atoms with Crippen LogP contribution >= 0.6 is 12.2 Å². The SMILES string of the molecule is CC(=O)OC[C@H]1O[C@@H](n2c3c(cc(C#N)c2=S)CCCCCC3)[C@@H](OC(C)=O)[C@@H](OC(C)=O)[C@H]1OC(C)=O. The maximum atomic E-state index is 12.3. The number of aromatic nitrogens is 1. The molecule has 1 aliphatic carbocycles. The third kappa shape index (κ3) is 6.96. The molecule has 2 heterocycles. The number of aryl methyl sites for hydroxylation is 1. The number of esters is 4. The summed E-state index contributed by atoms with van der Waals surface area (Å²) in [5.41, 5.74) is 1.98. The van der Waals surface area contributed by atoms with Crippen LogP contribution in [0.5, 0.6) is 0 Å². The molecule has 11 nitrogen and oxygen atoms in total.